The van der Waals surface area contributed by atoms with Crippen molar-refractivity contribution >= 4 is 52.8 Å². The zero-order valence-corrected chi connectivity index (χ0v) is 17.3. The van der Waals surface area contributed by atoms with Gasteiger partial charge in [0, 0.05) is 18.4 Å². The van der Waals surface area contributed by atoms with Crippen LogP contribution >= 0.6 is 23.2 Å². The predicted molar refractivity (Wildman–Crippen MR) is 115 cm³/mol. The molecule has 0 unspecified atom stereocenters. The Morgan fingerprint density at radius 3 is 2.42 bits per heavy atom. The van der Waals surface area contributed by atoms with Crippen molar-refractivity contribution in [2.24, 2.45) is 0 Å². The first kappa shape index (κ1) is 20.8. The predicted octanol–water partition coefficient (Wildman–Crippen LogP) is 4.65. The molecule has 156 valence electrons. The number of halogens is 3. The summed E-state index contributed by atoms with van der Waals surface area (Å²) in [6.45, 7) is 0.416. The first-order chi connectivity index (χ1) is 14.8. The third kappa shape index (κ3) is 4.23. The van der Waals surface area contributed by atoms with E-state index in [0.717, 1.165) is 22.6 Å². The Balaban J connectivity index is 1.66. The lowest BCUT2D eigenvalue weighted by Gasteiger charge is -2.26. The van der Waals surface area contributed by atoms with Crippen molar-refractivity contribution in [2.75, 3.05) is 4.90 Å². The van der Waals surface area contributed by atoms with Crippen molar-refractivity contribution in [1.29, 1.82) is 0 Å². The smallest absolute Gasteiger partial charge is 0.335 e. The molecule has 1 saturated heterocycles. The first-order valence-corrected chi connectivity index (χ1v) is 9.85. The molecule has 6 nitrogen and oxygen atoms in total. The monoisotopic (exact) mass is 457 g/mol. The Morgan fingerprint density at radius 2 is 1.71 bits per heavy atom. The minimum absolute atomic E-state index is 0.147. The van der Waals surface area contributed by atoms with E-state index >= 15 is 0 Å². The number of hydrogen-bond donors (Lipinski definition) is 1. The number of benzene rings is 2. The summed E-state index contributed by atoms with van der Waals surface area (Å²) in [5.74, 6) is -2.13. The van der Waals surface area contributed by atoms with Crippen LogP contribution in [0.25, 0.3) is 6.08 Å². The lowest BCUT2D eigenvalue weighted by molar-refractivity contribution is -0.122. The van der Waals surface area contributed by atoms with E-state index in [-0.39, 0.29) is 11.3 Å². The first-order valence-electron chi connectivity index (χ1n) is 9.09. The van der Waals surface area contributed by atoms with Gasteiger partial charge in [-0.05, 0) is 60.2 Å². The highest BCUT2D eigenvalue weighted by atomic mass is 35.5. The van der Waals surface area contributed by atoms with Gasteiger partial charge < -0.3 is 4.57 Å². The Kier molecular flexibility index (Phi) is 5.63. The second kappa shape index (κ2) is 8.37. The molecule has 0 radical (unpaired) electrons. The molecule has 0 atom stereocenters. The summed E-state index contributed by atoms with van der Waals surface area (Å²) >= 11 is 12.0. The van der Waals surface area contributed by atoms with Crippen LogP contribution < -0.4 is 10.2 Å². The second-order valence-corrected chi connectivity index (χ2v) is 7.56. The number of nitrogens with zero attached hydrogens (tertiary/aromatic N) is 2. The van der Waals surface area contributed by atoms with Crippen molar-refractivity contribution in [3.63, 3.8) is 0 Å². The molecular weight excluding hydrogens is 444 g/mol. The molecule has 3 aromatic rings. The van der Waals surface area contributed by atoms with Gasteiger partial charge >= 0.3 is 6.03 Å². The molecule has 1 fully saturated rings. The SMILES string of the molecule is O=C1NC(=O)N(c2ccc(F)cc2)C(=O)/C1=C\c1cccn1Cc1ccc(Cl)c(Cl)c1. The topological polar surface area (TPSA) is 71.4 Å². The maximum Gasteiger partial charge on any atom is 0.335 e. The zero-order chi connectivity index (χ0) is 22.1. The number of carbonyl (C=O) groups is 3. The van der Waals surface area contributed by atoms with Gasteiger partial charge in [-0.3, -0.25) is 14.9 Å². The van der Waals surface area contributed by atoms with E-state index in [4.69, 9.17) is 23.2 Å². The van der Waals surface area contributed by atoms with Crippen molar-refractivity contribution < 1.29 is 18.8 Å². The van der Waals surface area contributed by atoms with Crippen LogP contribution in [-0.4, -0.2) is 22.4 Å². The summed E-state index contributed by atoms with van der Waals surface area (Å²) in [7, 11) is 0. The molecule has 1 aliphatic rings. The fraction of sp³-hybridized carbons (Fsp3) is 0.0455. The van der Waals surface area contributed by atoms with E-state index in [2.05, 4.69) is 5.32 Å². The Bertz CT molecular complexity index is 1240. The van der Waals surface area contributed by atoms with E-state index in [1.165, 1.54) is 18.2 Å². The van der Waals surface area contributed by atoms with Crippen LogP contribution in [0.4, 0.5) is 14.9 Å². The van der Waals surface area contributed by atoms with Gasteiger partial charge in [-0.15, -0.1) is 0 Å². The fourth-order valence-electron chi connectivity index (χ4n) is 3.17. The van der Waals surface area contributed by atoms with E-state index in [0.29, 0.717) is 22.3 Å². The highest BCUT2D eigenvalue weighted by Gasteiger charge is 2.37. The van der Waals surface area contributed by atoms with Crippen molar-refractivity contribution in [3.05, 3.63) is 93.5 Å². The Hall–Kier alpha value is -3.42. The molecule has 4 rings (SSSR count). The number of aromatic nitrogens is 1. The molecule has 0 bridgehead atoms. The average Bonchev–Trinajstić information content (AvgIpc) is 3.16. The molecule has 2 aromatic carbocycles. The summed E-state index contributed by atoms with van der Waals surface area (Å²) in [5.41, 5.74) is 1.36. The number of barbiturate groups is 1. The van der Waals surface area contributed by atoms with E-state index < -0.39 is 23.7 Å². The van der Waals surface area contributed by atoms with Crippen molar-refractivity contribution in [2.45, 2.75) is 6.54 Å². The van der Waals surface area contributed by atoms with Crippen LogP contribution in [0.15, 0.2) is 66.4 Å². The van der Waals surface area contributed by atoms with Crippen LogP contribution in [0.5, 0.6) is 0 Å². The number of anilines is 1. The molecule has 0 spiro atoms. The lowest BCUT2D eigenvalue weighted by atomic mass is 10.1. The molecule has 1 aromatic heterocycles. The maximum atomic E-state index is 13.2. The maximum absolute atomic E-state index is 13.2. The molecule has 1 aliphatic heterocycles. The molecular formula is C22H14Cl2FN3O3. The normalized spacial score (nSPS) is 15.5. The fourth-order valence-corrected chi connectivity index (χ4v) is 3.49. The number of imide groups is 2. The van der Waals surface area contributed by atoms with Gasteiger partial charge in [-0.2, -0.15) is 0 Å². The van der Waals surface area contributed by atoms with Gasteiger partial charge in [-0.25, -0.2) is 14.1 Å². The third-order valence-corrected chi connectivity index (χ3v) is 5.42. The number of hydrogen-bond acceptors (Lipinski definition) is 3. The molecule has 4 amide bonds. The molecule has 2 heterocycles. The number of urea groups is 1. The van der Waals surface area contributed by atoms with Crippen LogP contribution in [0.3, 0.4) is 0 Å². The summed E-state index contributed by atoms with van der Waals surface area (Å²) in [6.07, 6.45) is 3.18. The van der Waals surface area contributed by atoms with Gasteiger partial charge in [0.15, 0.2) is 0 Å². The highest BCUT2D eigenvalue weighted by molar-refractivity contribution is 6.42. The van der Waals surface area contributed by atoms with Gasteiger partial charge in [0.25, 0.3) is 11.8 Å². The third-order valence-electron chi connectivity index (χ3n) is 4.68. The Labute approximate surface area is 186 Å². The highest BCUT2D eigenvalue weighted by Crippen LogP contribution is 2.25. The summed E-state index contributed by atoms with van der Waals surface area (Å²) < 4.78 is 15.0. The van der Waals surface area contributed by atoms with E-state index in [9.17, 15) is 18.8 Å². The number of amides is 4. The van der Waals surface area contributed by atoms with Crippen LogP contribution in [0, 0.1) is 5.82 Å². The Morgan fingerprint density at radius 1 is 0.968 bits per heavy atom. The summed E-state index contributed by atoms with van der Waals surface area (Å²) in [5, 5.41) is 3.00. The minimum atomic E-state index is -0.898. The van der Waals surface area contributed by atoms with Gasteiger partial charge in [0.1, 0.15) is 11.4 Å². The van der Waals surface area contributed by atoms with Gasteiger partial charge in [-0.1, -0.05) is 29.3 Å². The van der Waals surface area contributed by atoms with Crippen molar-refractivity contribution in [3.8, 4) is 0 Å². The minimum Gasteiger partial charge on any atom is -0.344 e. The standard InChI is InChI=1S/C22H14Cl2FN3O3/c23-18-8-3-13(10-19(18)24)12-27-9-1-2-16(27)11-17-20(29)26-22(31)28(21(17)30)15-6-4-14(25)5-7-15/h1-11H,12H2,(H,26,29,31)/b17-11-. The van der Waals surface area contributed by atoms with Gasteiger partial charge in [0.05, 0.1) is 15.7 Å². The van der Waals surface area contributed by atoms with E-state index in [1.807, 2.05) is 10.6 Å². The van der Waals surface area contributed by atoms with Crippen molar-refractivity contribution in [1.82, 2.24) is 9.88 Å². The molecule has 9 heteroatoms. The zero-order valence-electron chi connectivity index (χ0n) is 15.8. The number of rotatable bonds is 4. The average molecular weight is 458 g/mol. The molecule has 31 heavy (non-hydrogen) atoms. The lowest BCUT2D eigenvalue weighted by Crippen LogP contribution is -2.54. The largest absolute Gasteiger partial charge is 0.344 e. The van der Waals surface area contributed by atoms with Crippen LogP contribution in [0.2, 0.25) is 10.0 Å². The number of nitrogens with one attached hydrogen (secondary N) is 1. The van der Waals surface area contributed by atoms with E-state index in [1.54, 1.807) is 30.5 Å². The molecule has 0 aliphatic carbocycles. The molecule has 1 N–H and O–H groups in total. The summed E-state index contributed by atoms with van der Waals surface area (Å²) in [4.78, 5) is 38.4. The van der Waals surface area contributed by atoms with Crippen LogP contribution in [-0.2, 0) is 16.1 Å². The van der Waals surface area contributed by atoms with Crippen LogP contribution in [0.1, 0.15) is 11.3 Å². The van der Waals surface area contributed by atoms with Gasteiger partial charge in [0.2, 0.25) is 0 Å². The second-order valence-electron chi connectivity index (χ2n) is 6.74. The number of carbonyl (C=O) groups excluding carboxylic acids is 3. The molecule has 0 saturated carbocycles. The summed E-state index contributed by atoms with van der Waals surface area (Å²) in [6, 6.07) is 12.6. The quantitative estimate of drug-likeness (QED) is 0.457.